The predicted molar refractivity (Wildman–Crippen MR) is 40.2 cm³/mol. The summed E-state index contributed by atoms with van der Waals surface area (Å²) in [6.45, 7) is 4.19. The molecular weight excluding hydrogens is 120 g/mol. The van der Waals surface area contributed by atoms with E-state index >= 15 is 0 Å². The molecule has 46 valence electrons. The lowest BCUT2D eigenvalue weighted by atomic mass is 11.1. The molecule has 0 spiro atoms. The highest BCUT2D eigenvalue weighted by Gasteiger charge is 1.67. The normalized spacial score (nSPS) is 10.1. The van der Waals surface area contributed by atoms with Gasteiger partial charge in [-0.2, -0.15) is 0 Å². The summed E-state index contributed by atoms with van der Waals surface area (Å²) < 4.78 is 0. The molecule has 0 aromatic heterocycles. The van der Waals surface area contributed by atoms with E-state index in [1.807, 2.05) is 7.05 Å². The highest BCUT2D eigenvalue weighted by atomic mass is 32.2. The molecular formula is C5H10N2S. The Hall–Kier alpha value is -0.280. The van der Waals surface area contributed by atoms with Gasteiger partial charge < -0.3 is 5.32 Å². The largest absolute Gasteiger partial charge is 0.301 e. The van der Waals surface area contributed by atoms with Crippen molar-refractivity contribution in [3.8, 4) is 0 Å². The molecule has 0 aromatic carbocycles. The molecule has 0 aromatic rings. The van der Waals surface area contributed by atoms with E-state index < -0.39 is 0 Å². The third kappa shape index (κ3) is 5.72. The molecule has 0 radical (unpaired) electrons. The van der Waals surface area contributed by atoms with Gasteiger partial charge in [-0.15, -0.1) is 0 Å². The van der Waals surface area contributed by atoms with Gasteiger partial charge in [0, 0.05) is 0 Å². The van der Waals surface area contributed by atoms with E-state index in [1.54, 1.807) is 11.0 Å². The van der Waals surface area contributed by atoms with Crippen LogP contribution in [0.5, 0.6) is 0 Å². The second kappa shape index (κ2) is 6.72. The summed E-state index contributed by atoms with van der Waals surface area (Å²) in [5.74, 6) is 0. The fraction of sp³-hybridized carbons (Fsp3) is 0.400. The Labute approximate surface area is 54.1 Å². The van der Waals surface area contributed by atoms with Crippen molar-refractivity contribution in [1.82, 2.24) is 5.32 Å². The predicted octanol–water partition coefficient (Wildman–Crippen LogP) is 1.07. The van der Waals surface area contributed by atoms with E-state index in [0.717, 1.165) is 0 Å². The Kier molecular flexibility index (Phi) is 6.48. The summed E-state index contributed by atoms with van der Waals surface area (Å²) in [5.41, 5.74) is 1.75. The molecule has 0 aliphatic carbocycles. The van der Waals surface area contributed by atoms with Crippen LogP contribution < -0.4 is 5.32 Å². The van der Waals surface area contributed by atoms with Crippen LogP contribution in [0.2, 0.25) is 0 Å². The number of nitrogens with one attached hydrogen (secondary N) is 1. The summed E-state index contributed by atoms with van der Waals surface area (Å²) >= 11 is 1.48. The maximum Gasteiger partial charge on any atom is 0.0888 e. The van der Waals surface area contributed by atoms with Crippen molar-refractivity contribution in [2.45, 2.75) is 0 Å². The minimum atomic E-state index is 0.681. The molecule has 0 aliphatic heterocycles. The third-order valence-corrected chi connectivity index (χ3v) is 0.944. The smallest absolute Gasteiger partial charge is 0.0888 e. The minimum Gasteiger partial charge on any atom is -0.301 e. The molecule has 8 heavy (non-hydrogen) atoms. The van der Waals surface area contributed by atoms with Gasteiger partial charge in [-0.25, -0.2) is 0 Å². The highest BCUT2D eigenvalue weighted by Crippen LogP contribution is 1.91. The number of rotatable bonds is 4. The van der Waals surface area contributed by atoms with Crippen molar-refractivity contribution < 1.29 is 0 Å². The van der Waals surface area contributed by atoms with E-state index in [4.69, 9.17) is 0 Å². The van der Waals surface area contributed by atoms with Crippen LogP contribution in [-0.2, 0) is 0 Å². The van der Waals surface area contributed by atoms with Gasteiger partial charge >= 0.3 is 0 Å². The molecule has 0 fully saturated rings. The Morgan fingerprint density at radius 3 is 3.12 bits per heavy atom. The van der Waals surface area contributed by atoms with Crippen molar-refractivity contribution in [3.63, 3.8) is 0 Å². The SMILES string of the molecule is C=CS/C=N\CNC. The first-order valence-corrected chi connectivity index (χ1v) is 3.25. The number of hydrogen-bond donors (Lipinski definition) is 1. The first-order chi connectivity index (χ1) is 3.91. The van der Waals surface area contributed by atoms with Crippen LogP contribution in [0, 0.1) is 0 Å². The first-order valence-electron chi connectivity index (χ1n) is 2.31. The van der Waals surface area contributed by atoms with Crippen LogP contribution in [0.1, 0.15) is 0 Å². The Morgan fingerprint density at radius 2 is 2.62 bits per heavy atom. The van der Waals surface area contributed by atoms with Crippen LogP contribution in [0.25, 0.3) is 0 Å². The van der Waals surface area contributed by atoms with Crippen molar-refractivity contribution >= 4 is 17.3 Å². The monoisotopic (exact) mass is 130 g/mol. The topological polar surface area (TPSA) is 24.4 Å². The standard InChI is InChI=1S/C5H10N2S/c1-3-8-5-7-4-6-2/h3,5-6H,1,4H2,2H3/b7-5-. The average molecular weight is 130 g/mol. The molecule has 3 heteroatoms. The van der Waals surface area contributed by atoms with Crippen molar-refractivity contribution in [3.05, 3.63) is 12.0 Å². The maximum atomic E-state index is 3.94. The molecule has 0 amide bonds. The van der Waals surface area contributed by atoms with E-state index in [-0.39, 0.29) is 0 Å². The first kappa shape index (κ1) is 7.72. The Morgan fingerprint density at radius 1 is 1.88 bits per heavy atom. The number of aliphatic imine (C=N–C) groups is 1. The highest BCUT2D eigenvalue weighted by molar-refractivity contribution is 8.14. The zero-order valence-corrected chi connectivity index (χ0v) is 5.74. The van der Waals surface area contributed by atoms with Crippen molar-refractivity contribution in [2.24, 2.45) is 4.99 Å². The Balaban J connectivity index is 2.94. The molecule has 0 heterocycles. The summed E-state index contributed by atoms with van der Waals surface area (Å²) in [4.78, 5) is 3.94. The maximum absolute atomic E-state index is 3.94. The van der Waals surface area contributed by atoms with Crippen LogP contribution in [0.15, 0.2) is 17.0 Å². The quantitative estimate of drug-likeness (QED) is 0.454. The molecule has 0 bridgehead atoms. The molecule has 1 N–H and O–H groups in total. The van der Waals surface area contributed by atoms with Gasteiger partial charge in [0.1, 0.15) is 0 Å². The molecule has 0 aliphatic rings. The van der Waals surface area contributed by atoms with Crippen molar-refractivity contribution in [2.75, 3.05) is 13.7 Å². The van der Waals surface area contributed by atoms with Crippen LogP contribution >= 0.6 is 11.8 Å². The molecule has 2 nitrogen and oxygen atoms in total. The van der Waals surface area contributed by atoms with Crippen LogP contribution in [-0.4, -0.2) is 19.3 Å². The molecule has 0 saturated carbocycles. The number of thioether (sulfide) groups is 1. The average Bonchev–Trinajstić information content (AvgIpc) is 1.81. The molecule has 0 saturated heterocycles. The van der Waals surface area contributed by atoms with Gasteiger partial charge in [0.2, 0.25) is 0 Å². The van der Waals surface area contributed by atoms with Gasteiger partial charge in [-0.05, 0) is 12.5 Å². The van der Waals surface area contributed by atoms with Crippen LogP contribution in [0.3, 0.4) is 0 Å². The van der Waals surface area contributed by atoms with Crippen LogP contribution in [0.4, 0.5) is 0 Å². The summed E-state index contributed by atoms with van der Waals surface area (Å²) in [6.07, 6.45) is 0. The lowest BCUT2D eigenvalue weighted by Crippen LogP contribution is -2.03. The Bertz CT molecular complexity index is 80.5. The van der Waals surface area contributed by atoms with Gasteiger partial charge in [-0.1, -0.05) is 18.3 Å². The minimum absolute atomic E-state index is 0.681. The van der Waals surface area contributed by atoms with Gasteiger partial charge in [0.15, 0.2) is 0 Å². The zero-order valence-electron chi connectivity index (χ0n) is 4.92. The summed E-state index contributed by atoms with van der Waals surface area (Å²) in [7, 11) is 1.86. The van der Waals surface area contributed by atoms with Gasteiger partial charge in [0.25, 0.3) is 0 Å². The van der Waals surface area contributed by atoms with E-state index in [9.17, 15) is 0 Å². The molecule has 0 atom stereocenters. The fourth-order valence-electron chi connectivity index (χ4n) is 0.215. The summed E-state index contributed by atoms with van der Waals surface area (Å²) in [6, 6.07) is 0. The van der Waals surface area contributed by atoms with E-state index in [0.29, 0.717) is 6.67 Å². The van der Waals surface area contributed by atoms with Gasteiger partial charge in [0.05, 0.1) is 12.2 Å². The molecule has 0 rings (SSSR count). The second-order valence-corrected chi connectivity index (χ2v) is 1.92. The van der Waals surface area contributed by atoms with Gasteiger partial charge in [-0.3, -0.25) is 4.99 Å². The van der Waals surface area contributed by atoms with Crippen molar-refractivity contribution in [1.29, 1.82) is 0 Å². The second-order valence-electron chi connectivity index (χ2n) is 1.10. The number of nitrogens with zero attached hydrogens (tertiary/aromatic N) is 1. The van der Waals surface area contributed by atoms with E-state index in [2.05, 4.69) is 16.9 Å². The zero-order chi connectivity index (χ0) is 6.24. The lowest BCUT2D eigenvalue weighted by molar-refractivity contribution is 0.839. The van der Waals surface area contributed by atoms with E-state index in [1.165, 1.54) is 11.8 Å². The summed E-state index contributed by atoms with van der Waals surface area (Å²) in [5, 5.41) is 4.62. The lowest BCUT2D eigenvalue weighted by Gasteiger charge is -1.84. The fourth-order valence-corrected chi connectivity index (χ4v) is 0.461. The molecule has 0 unspecified atom stereocenters. The number of hydrogen-bond acceptors (Lipinski definition) is 3. The third-order valence-electron chi connectivity index (χ3n) is 0.481.